The fourth-order valence-corrected chi connectivity index (χ4v) is 3.05. The van der Waals surface area contributed by atoms with Crippen LogP contribution in [0.3, 0.4) is 0 Å². The lowest BCUT2D eigenvalue weighted by atomic mass is 10.1. The van der Waals surface area contributed by atoms with E-state index in [1.54, 1.807) is 0 Å². The van der Waals surface area contributed by atoms with Crippen molar-refractivity contribution in [3.63, 3.8) is 0 Å². The Hall–Kier alpha value is -2.06. The van der Waals surface area contributed by atoms with Crippen molar-refractivity contribution in [1.82, 2.24) is 9.88 Å². The van der Waals surface area contributed by atoms with Gasteiger partial charge in [0.25, 0.3) is 0 Å². The first-order valence-corrected chi connectivity index (χ1v) is 8.55. The van der Waals surface area contributed by atoms with Crippen molar-refractivity contribution in [2.45, 2.75) is 26.8 Å². The third kappa shape index (κ3) is 4.02. The van der Waals surface area contributed by atoms with Gasteiger partial charge in [0.05, 0.1) is 0 Å². The maximum absolute atomic E-state index is 3.55. The van der Waals surface area contributed by atoms with Crippen molar-refractivity contribution in [1.29, 1.82) is 0 Å². The monoisotopic (exact) mass is 306 g/mol. The summed E-state index contributed by atoms with van der Waals surface area (Å²) in [5.41, 5.74) is 4.11. The van der Waals surface area contributed by atoms with Crippen LogP contribution in [0.15, 0.2) is 60.8 Å². The minimum atomic E-state index is 0.703. The molecule has 23 heavy (non-hydrogen) atoms. The van der Waals surface area contributed by atoms with Crippen LogP contribution in [-0.2, 0) is 13.0 Å². The second-order valence-corrected chi connectivity index (χ2v) is 6.63. The normalized spacial score (nSPS) is 11.4. The summed E-state index contributed by atoms with van der Waals surface area (Å²) in [5.74, 6) is 0.703. The van der Waals surface area contributed by atoms with Gasteiger partial charge in [0.15, 0.2) is 0 Å². The average Bonchev–Trinajstić information content (AvgIpc) is 2.91. The molecule has 0 atom stereocenters. The Morgan fingerprint density at radius 2 is 1.70 bits per heavy atom. The molecule has 0 aliphatic rings. The third-order valence-corrected chi connectivity index (χ3v) is 4.19. The molecule has 0 amide bonds. The van der Waals surface area contributed by atoms with Crippen LogP contribution in [0.2, 0.25) is 0 Å². The minimum Gasteiger partial charge on any atom is -0.343 e. The molecule has 0 bridgehead atoms. The molecule has 0 aliphatic carbocycles. The molecule has 3 aromatic rings. The second-order valence-electron chi connectivity index (χ2n) is 6.63. The molecule has 0 spiro atoms. The smallest absolute Gasteiger partial charge is 0.0486 e. The van der Waals surface area contributed by atoms with Gasteiger partial charge < -0.3 is 9.88 Å². The summed E-state index contributed by atoms with van der Waals surface area (Å²) in [6.07, 6.45) is 3.41. The van der Waals surface area contributed by atoms with Crippen LogP contribution in [0.4, 0.5) is 0 Å². The lowest BCUT2D eigenvalue weighted by Crippen LogP contribution is -2.22. The first-order chi connectivity index (χ1) is 11.2. The first-order valence-electron chi connectivity index (χ1n) is 8.55. The largest absolute Gasteiger partial charge is 0.343 e. The highest BCUT2D eigenvalue weighted by molar-refractivity contribution is 5.84. The van der Waals surface area contributed by atoms with Gasteiger partial charge in [-0.15, -0.1) is 0 Å². The van der Waals surface area contributed by atoms with Gasteiger partial charge >= 0.3 is 0 Å². The lowest BCUT2D eigenvalue weighted by Gasteiger charge is -2.06. The van der Waals surface area contributed by atoms with Crippen molar-refractivity contribution in [3.8, 4) is 0 Å². The van der Waals surface area contributed by atoms with Crippen LogP contribution in [0.25, 0.3) is 10.9 Å². The Morgan fingerprint density at radius 3 is 2.48 bits per heavy atom. The molecule has 1 N–H and O–H groups in total. The Balaban J connectivity index is 1.79. The molecule has 1 aromatic heterocycles. The summed E-state index contributed by atoms with van der Waals surface area (Å²) in [6, 6.07) is 19.4. The zero-order valence-corrected chi connectivity index (χ0v) is 14.1. The number of benzene rings is 2. The molecule has 1 heterocycles. The molecule has 0 fully saturated rings. The maximum Gasteiger partial charge on any atom is 0.0486 e. The first kappa shape index (κ1) is 15.8. The summed E-state index contributed by atoms with van der Waals surface area (Å²) < 4.78 is 2.38. The van der Waals surface area contributed by atoms with Crippen LogP contribution in [-0.4, -0.2) is 17.7 Å². The van der Waals surface area contributed by atoms with Gasteiger partial charge in [-0.2, -0.15) is 0 Å². The van der Waals surface area contributed by atoms with Crippen molar-refractivity contribution in [2.75, 3.05) is 13.1 Å². The predicted molar refractivity (Wildman–Crippen MR) is 98.9 cm³/mol. The SMILES string of the molecule is CC(C)CNCCc1cn(Cc2ccccc2)c2ccccc12. The van der Waals surface area contributed by atoms with E-state index in [2.05, 4.69) is 84.5 Å². The fourth-order valence-electron chi connectivity index (χ4n) is 3.05. The maximum atomic E-state index is 3.55. The number of nitrogens with zero attached hydrogens (tertiary/aromatic N) is 1. The fraction of sp³-hybridized carbons (Fsp3) is 0.333. The Bertz CT molecular complexity index is 741. The van der Waals surface area contributed by atoms with Gasteiger partial charge in [-0.25, -0.2) is 0 Å². The number of nitrogens with one attached hydrogen (secondary N) is 1. The van der Waals surface area contributed by atoms with Crippen molar-refractivity contribution in [2.24, 2.45) is 5.92 Å². The topological polar surface area (TPSA) is 17.0 Å². The number of hydrogen-bond acceptors (Lipinski definition) is 1. The second kappa shape index (κ2) is 7.47. The predicted octanol–water partition coefficient (Wildman–Crippen LogP) is 4.48. The summed E-state index contributed by atoms with van der Waals surface area (Å²) in [4.78, 5) is 0. The summed E-state index contributed by atoms with van der Waals surface area (Å²) >= 11 is 0. The molecule has 0 radical (unpaired) electrons. The molecule has 120 valence electrons. The van der Waals surface area contributed by atoms with E-state index in [9.17, 15) is 0 Å². The van der Waals surface area contributed by atoms with Crippen LogP contribution < -0.4 is 5.32 Å². The standard InChI is InChI=1S/C21H26N2/c1-17(2)14-22-13-12-19-16-23(15-18-8-4-3-5-9-18)21-11-7-6-10-20(19)21/h3-11,16-17,22H,12-15H2,1-2H3. The van der Waals surface area contributed by atoms with Crippen LogP contribution >= 0.6 is 0 Å². The van der Waals surface area contributed by atoms with Crippen molar-refractivity contribution >= 4 is 10.9 Å². The summed E-state index contributed by atoms with van der Waals surface area (Å²) in [6.45, 7) is 7.55. The Kier molecular flexibility index (Phi) is 5.14. The number of fused-ring (bicyclic) bond motifs is 1. The molecule has 0 saturated carbocycles. The quantitative estimate of drug-likeness (QED) is 0.637. The van der Waals surface area contributed by atoms with E-state index in [0.717, 1.165) is 26.1 Å². The number of hydrogen-bond donors (Lipinski definition) is 1. The van der Waals surface area contributed by atoms with Crippen LogP contribution in [0.1, 0.15) is 25.0 Å². The highest BCUT2D eigenvalue weighted by Gasteiger charge is 2.08. The minimum absolute atomic E-state index is 0.703. The van der Waals surface area contributed by atoms with Crippen molar-refractivity contribution in [3.05, 3.63) is 71.9 Å². The van der Waals surface area contributed by atoms with Gasteiger partial charge in [0.2, 0.25) is 0 Å². The van der Waals surface area contributed by atoms with E-state index < -0.39 is 0 Å². The van der Waals surface area contributed by atoms with E-state index in [0.29, 0.717) is 5.92 Å². The molecular weight excluding hydrogens is 280 g/mol. The molecule has 2 nitrogen and oxygen atoms in total. The van der Waals surface area contributed by atoms with E-state index in [1.165, 1.54) is 22.0 Å². The van der Waals surface area contributed by atoms with Gasteiger partial charge in [0.1, 0.15) is 0 Å². The molecular formula is C21H26N2. The van der Waals surface area contributed by atoms with Crippen LogP contribution in [0.5, 0.6) is 0 Å². The zero-order valence-electron chi connectivity index (χ0n) is 14.1. The lowest BCUT2D eigenvalue weighted by molar-refractivity contribution is 0.554. The van der Waals surface area contributed by atoms with Crippen molar-refractivity contribution < 1.29 is 0 Å². The van der Waals surface area contributed by atoms with E-state index in [1.807, 2.05) is 0 Å². The van der Waals surface area contributed by atoms with E-state index in [4.69, 9.17) is 0 Å². The van der Waals surface area contributed by atoms with Gasteiger partial charge in [-0.3, -0.25) is 0 Å². The summed E-state index contributed by atoms with van der Waals surface area (Å²) in [7, 11) is 0. The molecule has 2 aromatic carbocycles. The van der Waals surface area contributed by atoms with Gasteiger partial charge in [-0.1, -0.05) is 62.4 Å². The number of aromatic nitrogens is 1. The third-order valence-electron chi connectivity index (χ3n) is 4.19. The van der Waals surface area contributed by atoms with Gasteiger partial charge in [0, 0.05) is 23.6 Å². The molecule has 2 heteroatoms. The average molecular weight is 306 g/mol. The summed E-state index contributed by atoms with van der Waals surface area (Å²) in [5, 5.41) is 4.93. The Labute approximate surface area is 139 Å². The van der Waals surface area contributed by atoms with E-state index in [-0.39, 0.29) is 0 Å². The highest BCUT2D eigenvalue weighted by atomic mass is 15.0. The van der Waals surface area contributed by atoms with Crippen LogP contribution in [0, 0.1) is 5.92 Å². The molecule has 0 aliphatic heterocycles. The number of rotatable bonds is 7. The molecule has 0 unspecified atom stereocenters. The molecule has 0 saturated heterocycles. The molecule has 3 rings (SSSR count). The highest BCUT2D eigenvalue weighted by Crippen LogP contribution is 2.22. The zero-order chi connectivity index (χ0) is 16.1. The van der Waals surface area contributed by atoms with E-state index >= 15 is 0 Å². The van der Waals surface area contributed by atoms with Gasteiger partial charge in [-0.05, 0) is 42.6 Å². The Morgan fingerprint density at radius 1 is 0.957 bits per heavy atom. The number of para-hydroxylation sites is 1.